The Morgan fingerprint density at radius 2 is 2.20 bits per heavy atom. The third-order valence-electron chi connectivity index (χ3n) is 2.32. The molecular weight excluding hydrogens is 193 g/mol. The summed E-state index contributed by atoms with van der Waals surface area (Å²) in [4.78, 5) is 0. The molecule has 0 aliphatic heterocycles. The van der Waals surface area contributed by atoms with Crippen LogP contribution in [0.1, 0.15) is 18.1 Å². The van der Waals surface area contributed by atoms with Crippen molar-refractivity contribution in [1.82, 2.24) is 5.32 Å². The minimum Gasteiger partial charge on any atom is -0.392 e. The second kappa shape index (κ2) is 5.83. The summed E-state index contributed by atoms with van der Waals surface area (Å²) in [6.07, 6.45) is 0.540. The van der Waals surface area contributed by atoms with Crippen molar-refractivity contribution in [2.45, 2.75) is 26.4 Å². The monoisotopic (exact) mass is 211 g/mol. The van der Waals surface area contributed by atoms with E-state index in [1.807, 2.05) is 13.0 Å². The van der Waals surface area contributed by atoms with E-state index in [1.54, 1.807) is 13.0 Å². The fraction of sp³-hybridized carbons (Fsp3) is 0.500. The van der Waals surface area contributed by atoms with Gasteiger partial charge in [0.1, 0.15) is 5.82 Å². The van der Waals surface area contributed by atoms with E-state index >= 15 is 0 Å². The van der Waals surface area contributed by atoms with Crippen LogP contribution in [0.5, 0.6) is 0 Å². The van der Waals surface area contributed by atoms with E-state index < -0.39 is 0 Å². The van der Waals surface area contributed by atoms with Gasteiger partial charge in [0.25, 0.3) is 0 Å². The van der Waals surface area contributed by atoms with Gasteiger partial charge in [-0.15, -0.1) is 0 Å². The molecule has 0 spiro atoms. The van der Waals surface area contributed by atoms with E-state index in [0.717, 1.165) is 24.1 Å². The molecule has 1 aromatic carbocycles. The second-order valence-electron chi connectivity index (χ2n) is 3.87. The summed E-state index contributed by atoms with van der Waals surface area (Å²) in [5.74, 6) is -0.187. The van der Waals surface area contributed by atoms with E-state index in [9.17, 15) is 4.39 Å². The van der Waals surface area contributed by atoms with Crippen molar-refractivity contribution in [2.24, 2.45) is 0 Å². The number of hydrogen-bond acceptors (Lipinski definition) is 2. The maximum atomic E-state index is 12.8. The molecule has 2 nitrogen and oxygen atoms in total. The van der Waals surface area contributed by atoms with Crippen LogP contribution in [0.3, 0.4) is 0 Å². The predicted octanol–water partition coefficient (Wildman–Crippen LogP) is 1.65. The Bertz CT molecular complexity index is 312. The van der Waals surface area contributed by atoms with Gasteiger partial charge in [0.15, 0.2) is 0 Å². The van der Waals surface area contributed by atoms with Gasteiger partial charge in [0, 0.05) is 6.54 Å². The SMILES string of the molecule is Cc1cc(F)ccc1CCNC[C@H](C)O. The normalized spacial score (nSPS) is 12.8. The highest BCUT2D eigenvalue weighted by atomic mass is 19.1. The molecule has 3 heteroatoms. The molecule has 2 N–H and O–H groups in total. The van der Waals surface area contributed by atoms with Crippen molar-refractivity contribution < 1.29 is 9.50 Å². The van der Waals surface area contributed by atoms with Crippen LogP contribution in [0.15, 0.2) is 18.2 Å². The zero-order valence-corrected chi connectivity index (χ0v) is 9.26. The van der Waals surface area contributed by atoms with E-state index in [1.165, 1.54) is 6.07 Å². The van der Waals surface area contributed by atoms with Crippen LogP contribution in [0.2, 0.25) is 0 Å². The van der Waals surface area contributed by atoms with Gasteiger partial charge in [0.2, 0.25) is 0 Å². The largest absolute Gasteiger partial charge is 0.392 e. The van der Waals surface area contributed by atoms with Gasteiger partial charge in [-0.05, 0) is 50.1 Å². The number of aryl methyl sites for hydroxylation is 1. The van der Waals surface area contributed by atoms with Crippen molar-refractivity contribution in [3.05, 3.63) is 35.1 Å². The molecule has 0 saturated heterocycles. The van der Waals surface area contributed by atoms with Gasteiger partial charge in [-0.25, -0.2) is 4.39 Å². The topological polar surface area (TPSA) is 32.3 Å². The third-order valence-corrected chi connectivity index (χ3v) is 2.32. The molecule has 0 amide bonds. The van der Waals surface area contributed by atoms with Crippen LogP contribution in [-0.2, 0) is 6.42 Å². The van der Waals surface area contributed by atoms with Gasteiger partial charge in [-0.1, -0.05) is 6.07 Å². The summed E-state index contributed by atoms with van der Waals surface area (Å²) < 4.78 is 12.8. The fourth-order valence-electron chi connectivity index (χ4n) is 1.47. The molecule has 0 heterocycles. The Kier molecular flexibility index (Phi) is 4.72. The summed E-state index contributed by atoms with van der Waals surface area (Å²) in [5.41, 5.74) is 2.13. The number of nitrogens with one attached hydrogen (secondary N) is 1. The summed E-state index contributed by atoms with van der Waals surface area (Å²) in [6, 6.07) is 4.84. The quantitative estimate of drug-likeness (QED) is 0.726. The molecule has 0 aliphatic carbocycles. The Hall–Kier alpha value is -0.930. The van der Waals surface area contributed by atoms with Gasteiger partial charge in [0.05, 0.1) is 6.10 Å². The Morgan fingerprint density at radius 1 is 1.47 bits per heavy atom. The predicted molar refractivity (Wildman–Crippen MR) is 59.4 cm³/mol. The van der Waals surface area contributed by atoms with Gasteiger partial charge in [-0.2, -0.15) is 0 Å². The molecular formula is C12H18FNO. The van der Waals surface area contributed by atoms with Crippen LogP contribution < -0.4 is 5.32 Å². The fourth-order valence-corrected chi connectivity index (χ4v) is 1.47. The second-order valence-corrected chi connectivity index (χ2v) is 3.87. The number of aliphatic hydroxyl groups is 1. The molecule has 0 unspecified atom stereocenters. The van der Waals surface area contributed by atoms with Crippen molar-refractivity contribution in [1.29, 1.82) is 0 Å². The van der Waals surface area contributed by atoms with Crippen molar-refractivity contribution in [3.8, 4) is 0 Å². The van der Waals surface area contributed by atoms with Gasteiger partial charge >= 0.3 is 0 Å². The minimum atomic E-state index is -0.320. The summed E-state index contributed by atoms with van der Waals surface area (Å²) in [6.45, 7) is 5.06. The highest BCUT2D eigenvalue weighted by Gasteiger charge is 2.00. The standard InChI is InChI=1S/C12H18FNO/c1-9-7-12(13)4-3-11(9)5-6-14-8-10(2)15/h3-4,7,10,14-15H,5-6,8H2,1-2H3/t10-/m0/s1. The zero-order valence-electron chi connectivity index (χ0n) is 9.26. The van der Waals surface area contributed by atoms with E-state index in [2.05, 4.69) is 5.32 Å². The zero-order chi connectivity index (χ0) is 11.3. The first kappa shape index (κ1) is 12.1. The molecule has 0 aliphatic rings. The first-order chi connectivity index (χ1) is 7.09. The smallest absolute Gasteiger partial charge is 0.123 e. The maximum Gasteiger partial charge on any atom is 0.123 e. The van der Waals surface area contributed by atoms with E-state index in [4.69, 9.17) is 5.11 Å². The number of hydrogen-bond donors (Lipinski definition) is 2. The van der Waals surface area contributed by atoms with Crippen LogP contribution in [0, 0.1) is 12.7 Å². The van der Waals surface area contributed by atoms with Crippen LogP contribution in [0.25, 0.3) is 0 Å². The summed E-state index contributed by atoms with van der Waals surface area (Å²) in [5, 5.41) is 12.2. The molecule has 0 radical (unpaired) electrons. The number of rotatable bonds is 5. The molecule has 1 aromatic rings. The number of halogens is 1. The molecule has 0 bridgehead atoms. The molecule has 1 atom stereocenters. The molecule has 0 fully saturated rings. The number of benzene rings is 1. The molecule has 0 aromatic heterocycles. The van der Waals surface area contributed by atoms with Gasteiger partial charge < -0.3 is 10.4 Å². The first-order valence-corrected chi connectivity index (χ1v) is 5.23. The van der Waals surface area contributed by atoms with Crippen molar-refractivity contribution >= 4 is 0 Å². The van der Waals surface area contributed by atoms with Crippen molar-refractivity contribution in [3.63, 3.8) is 0 Å². The Morgan fingerprint density at radius 3 is 2.80 bits per heavy atom. The van der Waals surface area contributed by atoms with Crippen LogP contribution >= 0.6 is 0 Å². The maximum absolute atomic E-state index is 12.8. The summed E-state index contributed by atoms with van der Waals surface area (Å²) in [7, 11) is 0. The lowest BCUT2D eigenvalue weighted by Crippen LogP contribution is -2.26. The van der Waals surface area contributed by atoms with E-state index in [-0.39, 0.29) is 11.9 Å². The lowest BCUT2D eigenvalue weighted by molar-refractivity contribution is 0.191. The lowest BCUT2D eigenvalue weighted by Gasteiger charge is -2.08. The first-order valence-electron chi connectivity index (χ1n) is 5.23. The molecule has 15 heavy (non-hydrogen) atoms. The summed E-state index contributed by atoms with van der Waals surface area (Å²) >= 11 is 0. The third kappa shape index (κ3) is 4.40. The highest BCUT2D eigenvalue weighted by Crippen LogP contribution is 2.10. The Labute approximate surface area is 90.1 Å². The average Bonchev–Trinajstić information content (AvgIpc) is 2.14. The number of aliphatic hydroxyl groups excluding tert-OH is 1. The molecule has 0 saturated carbocycles. The minimum absolute atomic E-state index is 0.187. The molecule has 84 valence electrons. The van der Waals surface area contributed by atoms with Crippen LogP contribution in [0.4, 0.5) is 4.39 Å². The average molecular weight is 211 g/mol. The Balaban J connectivity index is 2.37. The van der Waals surface area contributed by atoms with Gasteiger partial charge in [-0.3, -0.25) is 0 Å². The van der Waals surface area contributed by atoms with Crippen molar-refractivity contribution in [2.75, 3.05) is 13.1 Å². The van der Waals surface area contributed by atoms with E-state index in [0.29, 0.717) is 6.54 Å². The molecule has 1 rings (SSSR count). The lowest BCUT2D eigenvalue weighted by atomic mass is 10.1. The van der Waals surface area contributed by atoms with Crippen LogP contribution in [-0.4, -0.2) is 24.3 Å². The highest BCUT2D eigenvalue weighted by molar-refractivity contribution is 5.26.